The highest BCUT2D eigenvalue weighted by Crippen LogP contribution is 2.34. The number of carbonyl (C=O) groups excluding carboxylic acids is 1. The molecule has 0 spiro atoms. The molecule has 324 valence electrons. The number of amides is 1. The number of hydrogen-bond donors (Lipinski definition) is 2. The molecule has 7 rings (SSSR count). The predicted octanol–water partition coefficient (Wildman–Crippen LogP) is 8.59. The van der Waals surface area contributed by atoms with E-state index in [2.05, 4.69) is 36.9 Å². The maximum absolute atomic E-state index is 13.5. The minimum atomic E-state index is -4.43. The summed E-state index contributed by atoms with van der Waals surface area (Å²) in [5.41, 5.74) is 5.31. The van der Waals surface area contributed by atoms with Gasteiger partial charge in [0.15, 0.2) is 0 Å². The monoisotopic (exact) mass is 886 g/mol. The molecule has 2 saturated heterocycles. The van der Waals surface area contributed by atoms with Crippen molar-refractivity contribution in [1.82, 2.24) is 14.5 Å². The second-order valence-corrected chi connectivity index (χ2v) is 19.1. The fourth-order valence-electron chi connectivity index (χ4n) is 8.25. The molecule has 2 N–H and O–H groups in total. The van der Waals surface area contributed by atoms with E-state index in [0.29, 0.717) is 25.4 Å². The van der Waals surface area contributed by atoms with Crippen molar-refractivity contribution in [3.63, 3.8) is 0 Å². The van der Waals surface area contributed by atoms with Crippen LogP contribution < -0.4 is 14.9 Å². The molecule has 2 heterocycles. The smallest absolute Gasteiger partial charge is 0.293 e. The van der Waals surface area contributed by atoms with Crippen molar-refractivity contribution in [3.8, 4) is 0 Å². The minimum absolute atomic E-state index is 0.149. The number of nitrogens with one attached hydrogen (secondary N) is 2. The van der Waals surface area contributed by atoms with E-state index in [1.54, 1.807) is 29.5 Å². The van der Waals surface area contributed by atoms with Crippen molar-refractivity contribution in [3.05, 3.63) is 129 Å². The standard InChI is InChI=1S/C46H55ClN6O6S2/c47-38-15-11-36(12-16-38)43-10-6-1-3-7-35(43)21-23-50-25-27-52(28-26-50)40-17-13-37(14-18-40)46(54)49-61(57,58)42-19-20-44(45(33-42)53(55)56)48-39(22-24-51-29-31-59-32-30-51)34-60-41-8-4-2-5-9-41/h2,4-5,8-9,11-20,33,39,48H,1,3,6-7,10,21-32,34H2,(H,49,54)/t39-/m1/s1. The summed E-state index contributed by atoms with van der Waals surface area (Å²) in [6.07, 6.45) is 7.76. The van der Waals surface area contributed by atoms with Gasteiger partial charge in [-0.1, -0.05) is 53.9 Å². The lowest BCUT2D eigenvalue weighted by molar-refractivity contribution is -0.384. The van der Waals surface area contributed by atoms with Crippen LogP contribution in [0.25, 0.3) is 5.57 Å². The van der Waals surface area contributed by atoms with Crippen molar-refractivity contribution in [2.24, 2.45) is 0 Å². The van der Waals surface area contributed by atoms with Gasteiger partial charge in [0.1, 0.15) is 5.69 Å². The Morgan fingerprint density at radius 1 is 0.836 bits per heavy atom. The van der Waals surface area contributed by atoms with Crippen molar-refractivity contribution in [1.29, 1.82) is 0 Å². The first-order valence-corrected chi connectivity index (χ1v) is 24.1. The van der Waals surface area contributed by atoms with E-state index >= 15 is 0 Å². The van der Waals surface area contributed by atoms with E-state index in [-0.39, 0.29) is 27.9 Å². The summed E-state index contributed by atoms with van der Waals surface area (Å²) < 4.78 is 34.5. The van der Waals surface area contributed by atoms with Gasteiger partial charge in [0.05, 0.1) is 23.0 Å². The topological polar surface area (TPSA) is 137 Å². The number of thioether (sulfide) groups is 1. The molecule has 1 aliphatic carbocycles. The van der Waals surface area contributed by atoms with Crippen molar-refractivity contribution in [2.45, 2.75) is 60.8 Å². The molecule has 0 unspecified atom stereocenters. The number of halogens is 1. The summed E-state index contributed by atoms with van der Waals surface area (Å²) in [5.74, 6) is -0.171. The normalized spacial score (nSPS) is 17.4. The lowest BCUT2D eigenvalue weighted by Gasteiger charge is -2.36. The van der Waals surface area contributed by atoms with E-state index in [1.165, 1.54) is 42.5 Å². The third kappa shape index (κ3) is 12.6. The zero-order valence-electron chi connectivity index (χ0n) is 34.5. The highest BCUT2D eigenvalue weighted by Gasteiger charge is 2.26. The van der Waals surface area contributed by atoms with Crippen LogP contribution in [0.4, 0.5) is 17.1 Å². The average molecular weight is 888 g/mol. The number of nitro benzene ring substituents is 1. The largest absolute Gasteiger partial charge is 0.379 e. The third-order valence-electron chi connectivity index (χ3n) is 11.8. The molecule has 4 aromatic carbocycles. The third-order valence-corrected chi connectivity index (χ3v) is 14.5. The van der Waals surface area contributed by atoms with Gasteiger partial charge >= 0.3 is 0 Å². The number of nitrogens with zero attached hydrogens (tertiary/aromatic N) is 4. The highest BCUT2D eigenvalue weighted by atomic mass is 35.5. The summed E-state index contributed by atoms with van der Waals surface area (Å²) in [5, 5.41) is 16.4. The van der Waals surface area contributed by atoms with Gasteiger partial charge in [0, 0.05) is 91.4 Å². The maximum Gasteiger partial charge on any atom is 0.293 e. The van der Waals surface area contributed by atoms with E-state index < -0.39 is 20.9 Å². The Kier molecular flexibility index (Phi) is 15.8. The van der Waals surface area contributed by atoms with Crippen LogP contribution in [0.5, 0.6) is 0 Å². The Balaban J connectivity index is 0.938. The molecular formula is C46H55ClN6O6S2. The first-order valence-electron chi connectivity index (χ1n) is 21.3. The average Bonchev–Trinajstić information content (AvgIpc) is 3.53. The van der Waals surface area contributed by atoms with E-state index in [9.17, 15) is 23.3 Å². The van der Waals surface area contributed by atoms with Crippen LogP contribution in [-0.4, -0.2) is 106 Å². The molecule has 1 amide bonds. The molecule has 15 heteroatoms. The summed E-state index contributed by atoms with van der Waals surface area (Å²) in [6.45, 7) is 8.32. The zero-order chi connectivity index (χ0) is 42.6. The molecule has 61 heavy (non-hydrogen) atoms. The molecule has 2 fully saturated rings. The number of piperazine rings is 1. The van der Waals surface area contributed by atoms with Crippen LogP contribution in [0.2, 0.25) is 5.02 Å². The maximum atomic E-state index is 13.5. The molecule has 4 aromatic rings. The number of carbonyl (C=O) groups is 1. The van der Waals surface area contributed by atoms with Gasteiger partial charge < -0.3 is 15.0 Å². The molecule has 0 bridgehead atoms. The van der Waals surface area contributed by atoms with Gasteiger partial charge in [-0.05, 0) is 110 Å². The summed E-state index contributed by atoms with van der Waals surface area (Å²) >= 11 is 7.83. The highest BCUT2D eigenvalue weighted by molar-refractivity contribution is 7.99. The second-order valence-electron chi connectivity index (χ2n) is 15.9. The Bertz CT molecular complexity index is 2230. The Morgan fingerprint density at radius 2 is 1.54 bits per heavy atom. The molecule has 1 atom stereocenters. The summed E-state index contributed by atoms with van der Waals surface area (Å²) in [6, 6.07) is 28.7. The fraction of sp³-hybridized carbons (Fsp3) is 0.413. The minimum Gasteiger partial charge on any atom is -0.379 e. The van der Waals surface area contributed by atoms with Crippen LogP contribution in [0.1, 0.15) is 60.9 Å². The number of benzene rings is 4. The van der Waals surface area contributed by atoms with E-state index in [4.69, 9.17) is 16.3 Å². The number of ether oxygens (including phenoxy) is 1. The fourth-order valence-corrected chi connectivity index (χ4v) is 10.4. The van der Waals surface area contributed by atoms with E-state index in [1.807, 2.05) is 54.6 Å². The van der Waals surface area contributed by atoms with Crippen molar-refractivity contribution in [2.75, 3.05) is 81.5 Å². The lowest BCUT2D eigenvalue weighted by atomic mass is 9.94. The van der Waals surface area contributed by atoms with Gasteiger partial charge in [-0.2, -0.15) is 0 Å². The molecule has 3 aliphatic rings. The number of anilines is 2. The molecule has 0 aromatic heterocycles. The molecule has 2 aliphatic heterocycles. The Hall–Kier alpha value is -4.44. The molecule has 0 radical (unpaired) electrons. The van der Waals surface area contributed by atoms with Crippen LogP contribution in [0.15, 0.2) is 112 Å². The quantitative estimate of drug-likeness (QED) is 0.0600. The summed E-state index contributed by atoms with van der Waals surface area (Å²) in [7, 11) is -4.43. The van der Waals surface area contributed by atoms with Crippen molar-refractivity contribution >= 4 is 61.9 Å². The lowest BCUT2D eigenvalue weighted by Crippen LogP contribution is -2.46. The number of morpholine rings is 1. The van der Waals surface area contributed by atoms with Gasteiger partial charge in [0.2, 0.25) is 0 Å². The number of allylic oxidation sites excluding steroid dienone is 1. The zero-order valence-corrected chi connectivity index (χ0v) is 36.9. The second kappa shape index (κ2) is 21.6. The first-order chi connectivity index (χ1) is 29.6. The summed E-state index contributed by atoms with van der Waals surface area (Å²) in [4.78, 5) is 32.8. The number of hydrogen-bond acceptors (Lipinski definition) is 11. The molecule has 0 saturated carbocycles. The van der Waals surface area contributed by atoms with E-state index in [0.717, 1.165) is 93.3 Å². The predicted molar refractivity (Wildman–Crippen MR) is 245 cm³/mol. The number of rotatable bonds is 17. The van der Waals surface area contributed by atoms with Gasteiger partial charge in [0.25, 0.3) is 21.6 Å². The number of nitro groups is 1. The van der Waals surface area contributed by atoms with Gasteiger partial charge in [-0.3, -0.25) is 24.7 Å². The molecule has 12 nitrogen and oxygen atoms in total. The first kappa shape index (κ1) is 44.6. The number of sulfonamides is 1. The van der Waals surface area contributed by atoms with Crippen LogP contribution in [0.3, 0.4) is 0 Å². The SMILES string of the molecule is O=C(NS(=O)(=O)c1ccc(N[C@H](CCN2CCOCC2)CSc2ccccc2)c([N+](=O)[O-])c1)c1ccc(N2CCN(CCC3=C(c4ccc(Cl)cc4)CCCCC3)CC2)cc1. The Labute approximate surface area is 368 Å². The van der Waals surface area contributed by atoms with Crippen LogP contribution in [-0.2, 0) is 14.8 Å². The van der Waals surface area contributed by atoms with Gasteiger partial charge in [-0.15, -0.1) is 11.8 Å². The Morgan fingerprint density at radius 3 is 2.26 bits per heavy atom. The van der Waals surface area contributed by atoms with Crippen molar-refractivity contribution < 1.29 is 22.9 Å². The molecular weight excluding hydrogens is 832 g/mol. The van der Waals surface area contributed by atoms with Crippen LogP contribution >= 0.6 is 23.4 Å². The van der Waals surface area contributed by atoms with Gasteiger partial charge in [-0.25, -0.2) is 13.1 Å². The van der Waals surface area contributed by atoms with Crippen LogP contribution in [0, 0.1) is 10.1 Å².